The van der Waals surface area contributed by atoms with Crippen LogP contribution in [-0.4, -0.2) is 42.3 Å². The van der Waals surface area contributed by atoms with Crippen LogP contribution in [-0.2, 0) is 11.3 Å². The highest BCUT2D eigenvalue weighted by molar-refractivity contribution is 5.36. The molecule has 0 radical (unpaired) electrons. The fraction of sp³-hybridized carbons (Fsp3) is 0.692. The van der Waals surface area contributed by atoms with Crippen LogP contribution in [0.5, 0.6) is 0 Å². The van der Waals surface area contributed by atoms with E-state index in [4.69, 9.17) is 4.74 Å². The smallest absolute Gasteiger partial charge is 0.147 e. The number of hydrogen-bond donors (Lipinski definition) is 1. The van der Waals surface area contributed by atoms with E-state index in [0.29, 0.717) is 6.04 Å². The van der Waals surface area contributed by atoms with E-state index in [9.17, 15) is 0 Å². The summed E-state index contributed by atoms with van der Waals surface area (Å²) in [5, 5.41) is 3.24. The number of nitrogens with zero attached hydrogens (tertiary/aromatic N) is 3. The van der Waals surface area contributed by atoms with Crippen LogP contribution in [0.2, 0.25) is 0 Å². The number of ether oxygens (including phenoxy) is 1. The molecule has 0 aliphatic carbocycles. The first kappa shape index (κ1) is 13.2. The summed E-state index contributed by atoms with van der Waals surface area (Å²) in [4.78, 5) is 11.1. The molecule has 0 aromatic carbocycles. The Labute approximate surface area is 109 Å². The molecule has 1 fully saturated rings. The van der Waals surface area contributed by atoms with Crippen LogP contribution in [0.15, 0.2) is 12.4 Å². The molecule has 2 atom stereocenters. The average molecular weight is 250 g/mol. The van der Waals surface area contributed by atoms with Crippen LogP contribution in [0.25, 0.3) is 0 Å². The van der Waals surface area contributed by atoms with Crippen LogP contribution in [0.3, 0.4) is 0 Å². The topological polar surface area (TPSA) is 50.3 Å². The zero-order valence-corrected chi connectivity index (χ0v) is 11.4. The van der Waals surface area contributed by atoms with E-state index in [1.54, 1.807) is 0 Å². The van der Waals surface area contributed by atoms with Gasteiger partial charge in [-0.25, -0.2) is 4.98 Å². The fourth-order valence-corrected chi connectivity index (χ4v) is 2.27. The maximum absolute atomic E-state index is 5.59. The summed E-state index contributed by atoms with van der Waals surface area (Å²) in [5.74, 6) is 0.914. The van der Waals surface area contributed by atoms with Crippen molar-refractivity contribution in [3.05, 3.63) is 18.1 Å². The van der Waals surface area contributed by atoms with Crippen molar-refractivity contribution in [1.82, 2.24) is 15.3 Å². The molecule has 0 amide bonds. The molecule has 2 rings (SSSR count). The van der Waals surface area contributed by atoms with Gasteiger partial charge in [0, 0.05) is 20.2 Å². The third-order valence-electron chi connectivity index (χ3n) is 3.44. The highest BCUT2D eigenvalue weighted by atomic mass is 16.5. The molecule has 1 aromatic rings. The monoisotopic (exact) mass is 250 g/mol. The molecule has 100 valence electrons. The molecule has 5 heteroatoms. The second-order valence-electron chi connectivity index (χ2n) is 4.69. The lowest BCUT2D eigenvalue weighted by Gasteiger charge is -2.27. The molecular weight excluding hydrogens is 228 g/mol. The van der Waals surface area contributed by atoms with Crippen molar-refractivity contribution in [1.29, 1.82) is 0 Å². The van der Waals surface area contributed by atoms with Crippen LogP contribution in [0.1, 0.15) is 26.0 Å². The van der Waals surface area contributed by atoms with E-state index in [0.717, 1.165) is 37.6 Å². The third-order valence-corrected chi connectivity index (χ3v) is 3.44. The summed E-state index contributed by atoms with van der Waals surface area (Å²) < 4.78 is 5.59. The van der Waals surface area contributed by atoms with Gasteiger partial charge in [0.25, 0.3) is 0 Å². The van der Waals surface area contributed by atoms with Gasteiger partial charge in [0.2, 0.25) is 0 Å². The van der Waals surface area contributed by atoms with Crippen molar-refractivity contribution in [2.45, 2.75) is 39.0 Å². The van der Waals surface area contributed by atoms with Gasteiger partial charge in [0.05, 0.1) is 30.2 Å². The second-order valence-corrected chi connectivity index (χ2v) is 4.69. The third kappa shape index (κ3) is 2.97. The normalized spacial score (nSPS) is 23.3. The summed E-state index contributed by atoms with van der Waals surface area (Å²) in [7, 11) is 2.06. The molecule has 0 saturated carbocycles. The lowest BCUT2D eigenvalue weighted by atomic mass is 10.1. The Bertz CT molecular complexity index is 368. The Kier molecular flexibility index (Phi) is 4.49. The standard InChI is InChI=1S/C13H22N4O/c1-4-14-7-11-8-16-13(9-15-11)17(3)12-5-6-18-10(12)2/h8-10,12,14H,4-7H2,1-3H3. The van der Waals surface area contributed by atoms with Gasteiger partial charge in [-0.2, -0.15) is 0 Å². The van der Waals surface area contributed by atoms with Crippen molar-refractivity contribution < 1.29 is 4.74 Å². The summed E-state index contributed by atoms with van der Waals surface area (Å²) in [6, 6.07) is 0.402. The largest absolute Gasteiger partial charge is 0.376 e. The van der Waals surface area contributed by atoms with E-state index in [1.807, 2.05) is 12.4 Å². The minimum atomic E-state index is 0.262. The van der Waals surface area contributed by atoms with Crippen molar-refractivity contribution >= 4 is 5.82 Å². The van der Waals surface area contributed by atoms with E-state index in [1.165, 1.54) is 0 Å². The molecule has 1 aliphatic heterocycles. The van der Waals surface area contributed by atoms with Gasteiger partial charge in [-0.05, 0) is 19.9 Å². The minimum Gasteiger partial charge on any atom is -0.376 e. The van der Waals surface area contributed by atoms with Crippen molar-refractivity contribution in [3.63, 3.8) is 0 Å². The first-order valence-electron chi connectivity index (χ1n) is 6.58. The Morgan fingerprint density at radius 3 is 2.83 bits per heavy atom. The van der Waals surface area contributed by atoms with Gasteiger partial charge in [0.1, 0.15) is 5.82 Å². The van der Waals surface area contributed by atoms with Gasteiger partial charge in [-0.3, -0.25) is 4.98 Å². The minimum absolute atomic E-state index is 0.262. The Morgan fingerprint density at radius 1 is 1.44 bits per heavy atom. The van der Waals surface area contributed by atoms with Crippen molar-refractivity contribution in [2.75, 3.05) is 25.1 Å². The van der Waals surface area contributed by atoms with Gasteiger partial charge in [-0.15, -0.1) is 0 Å². The van der Waals surface area contributed by atoms with Crippen LogP contribution in [0, 0.1) is 0 Å². The molecule has 5 nitrogen and oxygen atoms in total. The number of nitrogens with one attached hydrogen (secondary N) is 1. The molecule has 1 aromatic heterocycles. The van der Waals surface area contributed by atoms with Gasteiger partial charge in [0.15, 0.2) is 0 Å². The molecule has 1 saturated heterocycles. The molecule has 1 N–H and O–H groups in total. The molecule has 0 spiro atoms. The Hall–Kier alpha value is -1.20. The Morgan fingerprint density at radius 2 is 2.28 bits per heavy atom. The summed E-state index contributed by atoms with van der Waals surface area (Å²) in [5.41, 5.74) is 0.977. The van der Waals surface area contributed by atoms with Crippen molar-refractivity contribution in [2.24, 2.45) is 0 Å². The summed E-state index contributed by atoms with van der Waals surface area (Å²) in [6.07, 6.45) is 5.00. The van der Waals surface area contributed by atoms with Crippen molar-refractivity contribution in [3.8, 4) is 0 Å². The van der Waals surface area contributed by atoms with E-state index in [2.05, 4.69) is 41.1 Å². The predicted octanol–water partition coefficient (Wildman–Crippen LogP) is 1.20. The fourth-order valence-electron chi connectivity index (χ4n) is 2.27. The molecule has 1 aliphatic rings. The number of likely N-dealkylation sites (N-methyl/N-ethyl adjacent to an activating group) is 1. The first-order valence-corrected chi connectivity index (χ1v) is 6.58. The quantitative estimate of drug-likeness (QED) is 0.851. The summed E-state index contributed by atoms with van der Waals surface area (Å²) in [6.45, 7) is 6.75. The Balaban J connectivity index is 2.00. The lowest BCUT2D eigenvalue weighted by Crippen LogP contribution is -2.37. The highest BCUT2D eigenvalue weighted by Crippen LogP contribution is 2.22. The maximum Gasteiger partial charge on any atom is 0.147 e. The SMILES string of the molecule is CCNCc1cnc(N(C)C2CCOC2C)cn1. The number of aromatic nitrogens is 2. The first-order chi connectivity index (χ1) is 8.72. The van der Waals surface area contributed by atoms with Gasteiger partial charge >= 0.3 is 0 Å². The van der Waals surface area contributed by atoms with Crippen LogP contribution < -0.4 is 10.2 Å². The zero-order chi connectivity index (χ0) is 13.0. The molecule has 18 heavy (non-hydrogen) atoms. The molecule has 0 bridgehead atoms. The zero-order valence-electron chi connectivity index (χ0n) is 11.4. The predicted molar refractivity (Wildman–Crippen MR) is 71.6 cm³/mol. The lowest BCUT2D eigenvalue weighted by molar-refractivity contribution is 0.118. The van der Waals surface area contributed by atoms with Gasteiger partial charge < -0.3 is 15.0 Å². The molecular formula is C13H22N4O. The number of rotatable bonds is 5. The number of hydrogen-bond acceptors (Lipinski definition) is 5. The van der Waals surface area contributed by atoms with E-state index >= 15 is 0 Å². The van der Waals surface area contributed by atoms with Crippen LogP contribution >= 0.6 is 0 Å². The van der Waals surface area contributed by atoms with Crippen LogP contribution in [0.4, 0.5) is 5.82 Å². The average Bonchev–Trinajstić information content (AvgIpc) is 2.82. The number of anilines is 1. The maximum atomic E-state index is 5.59. The van der Waals surface area contributed by atoms with E-state index < -0.39 is 0 Å². The molecule has 2 unspecified atom stereocenters. The summed E-state index contributed by atoms with van der Waals surface area (Å²) >= 11 is 0. The van der Waals surface area contributed by atoms with E-state index in [-0.39, 0.29) is 6.10 Å². The highest BCUT2D eigenvalue weighted by Gasteiger charge is 2.28. The molecule has 2 heterocycles. The van der Waals surface area contributed by atoms with Gasteiger partial charge in [-0.1, -0.05) is 6.92 Å². The second kappa shape index (κ2) is 6.11.